The van der Waals surface area contributed by atoms with Gasteiger partial charge in [0.15, 0.2) is 0 Å². The van der Waals surface area contributed by atoms with E-state index in [1.165, 1.54) is 120 Å². The first-order chi connectivity index (χ1) is 20.2. The summed E-state index contributed by atoms with van der Waals surface area (Å²) in [5.41, 5.74) is 2.82. The van der Waals surface area contributed by atoms with Crippen molar-refractivity contribution in [2.24, 2.45) is 0 Å². The van der Waals surface area contributed by atoms with Crippen LogP contribution in [-0.2, 0) is 18.4 Å². The highest BCUT2D eigenvalue weighted by molar-refractivity contribution is 5.33. The summed E-state index contributed by atoms with van der Waals surface area (Å²) in [5, 5.41) is 0. The Morgan fingerprint density at radius 1 is 0.634 bits per heavy atom. The summed E-state index contributed by atoms with van der Waals surface area (Å²) in [6.45, 7) is 8.11. The van der Waals surface area contributed by atoms with Gasteiger partial charge in [0.1, 0.15) is 5.82 Å². The summed E-state index contributed by atoms with van der Waals surface area (Å²) < 4.78 is 2.43. The number of aromatic nitrogens is 2. The van der Waals surface area contributed by atoms with Crippen LogP contribution in [0.2, 0.25) is 0 Å². The molecule has 0 fully saturated rings. The first-order valence-corrected chi connectivity index (χ1v) is 17.3. The fourth-order valence-electron chi connectivity index (χ4n) is 6.78. The van der Waals surface area contributed by atoms with Gasteiger partial charge in [-0.05, 0) is 30.4 Å². The van der Waals surface area contributed by atoms with E-state index in [0.29, 0.717) is 5.92 Å². The van der Waals surface area contributed by atoms with E-state index in [-0.39, 0.29) is 5.41 Å². The van der Waals surface area contributed by atoms with Gasteiger partial charge < -0.3 is 4.57 Å². The Morgan fingerprint density at radius 2 is 1.15 bits per heavy atom. The molecule has 0 radical (unpaired) electrons. The molecular weight excluding hydrogens is 496 g/mol. The van der Waals surface area contributed by atoms with Crippen LogP contribution in [0.25, 0.3) is 0 Å². The summed E-state index contributed by atoms with van der Waals surface area (Å²) >= 11 is 0. The van der Waals surface area contributed by atoms with Gasteiger partial charge in [-0.1, -0.05) is 178 Å². The molecule has 41 heavy (non-hydrogen) atoms. The molecule has 1 aromatic heterocycles. The number of unbranched alkanes of at least 4 members (excludes halogenated alkanes) is 14. The van der Waals surface area contributed by atoms with Gasteiger partial charge in [0.2, 0.25) is 0 Å². The van der Waals surface area contributed by atoms with E-state index >= 15 is 0 Å². The van der Waals surface area contributed by atoms with Gasteiger partial charge in [0.25, 0.3) is 0 Å². The lowest BCUT2D eigenvalue weighted by Crippen LogP contribution is -2.35. The van der Waals surface area contributed by atoms with Crippen LogP contribution in [0.4, 0.5) is 0 Å². The standard InChI is InChI=1S/C39H60N2/c1-4-6-7-8-9-10-11-12-13-14-15-16-17-18-25-30-37(38-40-31-33-41(38)32-5-2)39(3,36-28-23-20-24-29-36)34-35-26-21-19-22-27-35/h19-24,26-29,31,33,37H,4-18,25,30,32,34H2,1-3H3. The van der Waals surface area contributed by atoms with E-state index < -0.39 is 0 Å². The summed E-state index contributed by atoms with van der Waals surface area (Å²) in [6, 6.07) is 22.3. The Balaban J connectivity index is 1.53. The molecular formula is C39H60N2. The molecule has 0 amide bonds. The van der Waals surface area contributed by atoms with Crippen molar-refractivity contribution in [3.05, 3.63) is 90.0 Å². The second kappa shape index (κ2) is 19.7. The number of hydrogen-bond donors (Lipinski definition) is 0. The topological polar surface area (TPSA) is 17.8 Å². The number of benzene rings is 2. The zero-order valence-corrected chi connectivity index (χ0v) is 26.8. The second-order valence-electron chi connectivity index (χ2n) is 12.7. The maximum atomic E-state index is 5.02. The third-order valence-corrected chi connectivity index (χ3v) is 9.24. The SMILES string of the molecule is CCCCCCCCCCCCCCCCCC(c1nccn1CCC)C(C)(Cc1ccccc1)c1ccccc1. The minimum Gasteiger partial charge on any atom is -0.335 e. The number of imidazole rings is 1. The minimum absolute atomic E-state index is 0.0184. The molecule has 226 valence electrons. The first kappa shape index (κ1) is 33.2. The third kappa shape index (κ3) is 11.4. The second-order valence-corrected chi connectivity index (χ2v) is 12.7. The van der Waals surface area contributed by atoms with Crippen LogP contribution in [0.5, 0.6) is 0 Å². The molecule has 3 rings (SSSR count). The average Bonchev–Trinajstić information content (AvgIpc) is 3.45. The van der Waals surface area contributed by atoms with Crippen molar-refractivity contribution < 1.29 is 0 Å². The molecule has 1 heterocycles. The maximum absolute atomic E-state index is 5.02. The molecule has 0 spiro atoms. The molecule has 0 aliphatic heterocycles. The van der Waals surface area contributed by atoms with Gasteiger partial charge in [-0.2, -0.15) is 0 Å². The lowest BCUT2D eigenvalue weighted by molar-refractivity contribution is 0.322. The Bertz CT molecular complexity index is 1020. The summed E-state index contributed by atoms with van der Waals surface area (Å²) in [7, 11) is 0. The largest absolute Gasteiger partial charge is 0.335 e. The van der Waals surface area contributed by atoms with Gasteiger partial charge in [0, 0.05) is 30.3 Å². The summed E-state index contributed by atoms with van der Waals surface area (Å²) in [5.74, 6) is 1.66. The molecule has 2 atom stereocenters. The number of aryl methyl sites for hydroxylation is 1. The van der Waals surface area contributed by atoms with Crippen LogP contribution < -0.4 is 0 Å². The van der Waals surface area contributed by atoms with Crippen LogP contribution in [0.15, 0.2) is 73.1 Å². The molecule has 0 bridgehead atoms. The third-order valence-electron chi connectivity index (χ3n) is 9.24. The fraction of sp³-hybridized carbons (Fsp3) is 0.615. The molecule has 2 unspecified atom stereocenters. The first-order valence-electron chi connectivity index (χ1n) is 17.3. The van der Waals surface area contributed by atoms with Crippen LogP contribution in [0.1, 0.15) is 153 Å². The van der Waals surface area contributed by atoms with Crippen molar-refractivity contribution in [2.75, 3.05) is 0 Å². The Labute approximate surface area is 253 Å². The molecule has 2 aromatic carbocycles. The maximum Gasteiger partial charge on any atom is 0.112 e. The van der Waals surface area contributed by atoms with Crippen LogP contribution in [-0.4, -0.2) is 9.55 Å². The van der Waals surface area contributed by atoms with Gasteiger partial charge >= 0.3 is 0 Å². The molecule has 0 saturated carbocycles. The lowest BCUT2D eigenvalue weighted by Gasteiger charge is -2.39. The molecule has 0 N–H and O–H groups in total. The molecule has 0 saturated heterocycles. The van der Waals surface area contributed by atoms with Crippen molar-refractivity contribution >= 4 is 0 Å². The molecule has 3 aromatic rings. The molecule has 2 heteroatoms. The predicted molar refractivity (Wildman–Crippen MR) is 179 cm³/mol. The average molecular weight is 557 g/mol. The fourth-order valence-corrected chi connectivity index (χ4v) is 6.78. The van der Waals surface area contributed by atoms with Crippen molar-refractivity contribution in [1.82, 2.24) is 9.55 Å². The van der Waals surface area contributed by atoms with Crippen molar-refractivity contribution in [3.63, 3.8) is 0 Å². The number of hydrogen-bond acceptors (Lipinski definition) is 1. The van der Waals surface area contributed by atoms with Crippen LogP contribution >= 0.6 is 0 Å². The Kier molecular flexibility index (Phi) is 15.9. The smallest absolute Gasteiger partial charge is 0.112 e. The Hall–Kier alpha value is -2.35. The predicted octanol–water partition coefficient (Wildman–Crippen LogP) is 11.8. The zero-order valence-electron chi connectivity index (χ0n) is 26.8. The quantitative estimate of drug-likeness (QED) is 0.106. The zero-order chi connectivity index (χ0) is 29.0. The lowest BCUT2D eigenvalue weighted by atomic mass is 9.66. The Morgan fingerprint density at radius 3 is 1.68 bits per heavy atom. The molecule has 2 nitrogen and oxygen atoms in total. The van der Waals surface area contributed by atoms with Gasteiger partial charge in [-0.3, -0.25) is 0 Å². The summed E-state index contributed by atoms with van der Waals surface area (Å²) in [4.78, 5) is 5.02. The van der Waals surface area contributed by atoms with E-state index in [4.69, 9.17) is 4.98 Å². The van der Waals surface area contributed by atoms with Crippen molar-refractivity contribution in [2.45, 2.75) is 154 Å². The highest BCUT2D eigenvalue weighted by Gasteiger charge is 2.39. The van der Waals surface area contributed by atoms with Crippen LogP contribution in [0, 0.1) is 0 Å². The van der Waals surface area contributed by atoms with E-state index in [0.717, 1.165) is 19.4 Å². The monoisotopic (exact) mass is 556 g/mol. The number of rotatable bonds is 23. The molecule has 0 aliphatic carbocycles. The van der Waals surface area contributed by atoms with Gasteiger partial charge in [0.05, 0.1) is 0 Å². The van der Waals surface area contributed by atoms with Gasteiger partial charge in [-0.15, -0.1) is 0 Å². The molecule has 0 aliphatic rings. The highest BCUT2D eigenvalue weighted by atomic mass is 15.1. The van der Waals surface area contributed by atoms with Crippen molar-refractivity contribution in [1.29, 1.82) is 0 Å². The number of nitrogens with zero attached hydrogens (tertiary/aromatic N) is 2. The normalized spacial score (nSPS) is 13.7. The van der Waals surface area contributed by atoms with E-state index in [9.17, 15) is 0 Å². The summed E-state index contributed by atoms with van der Waals surface area (Å²) in [6.07, 6.45) is 28.7. The highest BCUT2D eigenvalue weighted by Crippen LogP contribution is 2.44. The van der Waals surface area contributed by atoms with Crippen LogP contribution in [0.3, 0.4) is 0 Å². The van der Waals surface area contributed by atoms with Gasteiger partial charge in [-0.25, -0.2) is 4.98 Å². The van der Waals surface area contributed by atoms with E-state index in [1.54, 1.807) is 0 Å². The van der Waals surface area contributed by atoms with E-state index in [1.807, 2.05) is 6.20 Å². The van der Waals surface area contributed by atoms with E-state index in [2.05, 4.69) is 92.2 Å². The minimum atomic E-state index is -0.0184. The van der Waals surface area contributed by atoms with Crippen molar-refractivity contribution in [3.8, 4) is 0 Å².